The molecule has 3 aromatic rings. The van der Waals surface area contributed by atoms with Crippen LogP contribution in [0.25, 0.3) is 11.1 Å². The van der Waals surface area contributed by atoms with Crippen LogP contribution >= 0.6 is 15.9 Å². The molecule has 2 heterocycles. The first-order valence-electron chi connectivity index (χ1n) is 9.83. The van der Waals surface area contributed by atoms with Gasteiger partial charge in [-0.05, 0) is 36.1 Å². The average molecular weight is 451 g/mol. The van der Waals surface area contributed by atoms with Gasteiger partial charge in [-0.15, -0.1) is 0 Å². The molecule has 1 saturated heterocycles. The smallest absolute Gasteiger partial charge is 0.225 e. The number of anilines is 1. The van der Waals surface area contributed by atoms with Gasteiger partial charge in [0.2, 0.25) is 11.9 Å². The van der Waals surface area contributed by atoms with Crippen molar-refractivity contribution in [1.29, 1.82) is 0 Å². The van der Waals surface area contributed by atoms with Gasteiger partial charge in [-0.3, -0.25) is 4.79 Å². The van der Waals surface area contributed by atoms with Crippen LogP contribution in [-0.4, -0.2) is 29.0 Å². The molecular weight excluding hydrogens is 428 g/mol. The van der Waals surface area contributed by atoms with Crippen molar-refractivity contribution < 1.29 is 4.79 Å². The second kappa shape index (κ2) is 9.18. The molecule has 0 spiro atoms. The van der Waals surface area contributed by atoms with Gasteiger partial charge in [-0.1, -0.05) is 58.4 Å². The molecule has 0 radical (unpaired) electrons. The van der Waals surface area contributed by atoms with Gasteiger partial charge in [-0.2, -0.15) is 0 Å². The number of aromatic nitrogens is 2. The van der Waals surface area contributed by atoms with Gasteiger partial charge in [0.15, 0.2) is 0 Å². The van der Waals surface area contributed by atoms with Crippen LogP contribution < -0.4 is 10.2 Å². The van der Waals surface area contributed by atoms with Crippen LogP contribution in [0.2, 0.25) is 0 Å². The third kappa shape index (κ3) is 5.01. The summed E-state index contributed by atoms with van der Waals surface area (Å²) < 4.78 is 1.04. The quantitative estimate of drug-likeness (QED) is 0.623. The van der Waals surface area contributed by atoms with E-state index in [1.54, 1.807) is 0 Å². The second-order valence-electron chi connectivity index (χ2n) is 7.27. The zero-order chi connectivity index (χ0) is 20.1. The lowest BCUT2D eigenvalue weighted by molar-refractivity contribution is -0.125. The van der Waals surface area contributed by atoms with Crippen LogP contribution in [0.5, 0.6) is 0 Å². The van der Waals surface area contributed by atoms with Gasteiger partial charge in [0.25, 0.3) is 0 Å². The molecule has 6 heteroatoms. The highest BCUT2D eigenvalue weighted by Crippen LogP contribution is 2.23. The molecule has 1 amide bonds. The topological polar surface area (TPSA) is 58.1 Å². The van der Waals surface area contributed by atoms with E-state index in [0.29, 0.717) is 19.0 Å². The van der Waals surface area contributed by atoms with Gasteiger partial charge in [0.05, 0.1) is 5.92 Å². The van der Waals surface area contributed by atoms with E-state index in [-0.39, 0.29) is 11.8 Å². The van der Waals surface area contributed by atoms with E-state index in [0.717, 1.165) is 40.5 Å². The van der Waals surface area contributed by atoms with Crippen LogP contribution in [0.15, 0.2) is 71.5 Å². The Labute approximate surface area is 179 Å². The van der Waals surface area contributed by atoms with Crippen LogP contribution in [0, 0.1) is 5.92 Å². The highest BCUT2D eigenvalue weighted by Gasteiger charge is 2.27. The fourth-order valence-electron chi connectivity index (χ4n) is 3.57. The summed E-state index contributed by atoms with van der Waals surface area (Å²) in [6.07, 6.45) is 5.56. The maximum absolute atomic E-state index is 12.7. The maximum atomic E-state index is 12.7. The van der Waals surface area contributed by atoms with Crippen molar-refractivity contribution in [2.75, 3.05) is 18.0 Å². The lowest BCUT2D eigenvalue weighted by atomic mass is 9.97. The highest BCUT2D eigenvalue weighted by molar-refractivity contribution is 9.10. The predicted molar refractivity (Wildman–Crippen MR) is 118 cm³/mol. The van der Waals surface area contributed by atoms with Crippen LogP contribution in [0.4, 0.5) is 5.95 Å². The molecule has 1 aromatic heterocycles. The summed E-state index contributed by atoms with van der Waals surface area (Å²) in [5.41, 5.74) is 3.19. The van der Waals surface area contributed by atoms with E-state index >= 15 is 0 Å². The molecule has 5 nitrogen and oxygen atoms in total. The summed E-state index contributed by atoms with van der Waals surface area (Å²) in [5.74, 6) is 0.741. The number of carbonyl (C=O) groups is 1. The van der Waals surface area contributed by atoms with Crippen molar-refractivity contribution in [1.82, 2.24) is 15.3 Å². The highest BCUT2D eigenvalue weighted by atomic mass is 79.9. The Kier molecular flexibility index (Phi) is 6.20. The van der Waals surface area contributed by atoms with Crippen LogP contribution in [-0.2, 0) is 11.3 Å². The molecule has 29 heavy (non-hydrogen) atoms. The average Bonchev–Trinajstić information content (AvgIpc) is 2.79. The summed E-state index contributed by atoms with van der Waals surface area (Å²) in [5, 5.41) is 3.07. The van der Waals surface area contributed by atoms with Crippen LogP contribution in [0.1, 0.15) is 18.4 Å². The molecule has 1 unspecified atom stereocenters. The van der Waals surface area contributed by atoms with Crippen LogP contribution in [0.3, 0.4) is 0 Å². The first kappa shape index (κ1) is 19.6. The molecule has 1 fully saturated rings. The lowest BCUT2D eigenvalue weighted by Crippen LogP contribution is -2.43. The molecule has 1 N–H and O–H groups in total. The zero-order valence-electron chi connectivity index (χ0n) is 16.1. The number of amides is 1. The standard InChI is InChI=1S/C23H23BrN4O/c24-21-10-8-17(9-11-21)13-25-22(29)19-7-4-12-28(16-19)23-26-14-20(15-27-23)18-5-2-1-3-6-18/h1-3,5-6,8-11,14-15,19H,4,7,12-13,16H2,(H,25,29). The van der Waals surface area contributed by atoms with Crippen molar-refractivity contribution in [3.63, 3.8) is 0 Å². The number of nitrogens with one attached hydrogen (secondary N) is 1. The third-order valence-corrected chi connectivity index (χ3v) is 5.73. The first-order valence-corrected chi connectivity index (χ1v) is 10.6. The monoisotopic (exact) mass is 450 g/mol. The Morgan fingerprint density at radius 2 is 1.76 bits per heavy atom. The van der Waals surface area contributed by atoms with Gasteiger partial charge in [0.1, 0.15) is 0 Å². The summed E-state index contributed by atoms with van der Waals surface area (Å²) in [7, 11) is 0. The van der Waals surface area contributed by atoms with Gasteiger partial charge >= 0.3 is 0 Å². The minimum atomic E-state index is -0.0448. The third-order valence-electron chi connectivity index (χ3n) is 5.20. The Balaban J connectivity index is 1.36. The first-order chi connectivity index (χ1) is 14.2. The molecule has 0 aliphatic carbocycles. The van der Waals surface area contributed by atoms with E-state index in [9.17, 15) is 4.79 Å². The molecule has 1 aliphatic rings. The largest absolute Gasteiger partial charge is 0.352 e. The number of piperidine rings is 1. The summed E-state index contributed by atoms with van der Waals surface area (Å²) >= 11 is 3.43. The van der Waals surface area contributed by atoms with Gasteiger partial charge < -0.3 is 10.2 Å². The summed E-state index contributed by atoms with van der Waals surface area (Å²) in [4.78, 5) is 23.9. The van der Waals surface area contributed by atoms with Crippen molar-refractivity contribution >= 4 is 27.8 Å². The number of nitrogens with zero attached hydrogens (tertiary/aromatic N) is 3. The normalized spacial score (nSPS) is 16.4. The Morgan fingerprint density at radius 3 is 2.48 bits per heavy atom. The second-order valence-corrected chi connectivity index (χ2v) is 8.18. The van der Waals surface area contributed by atoms with E-state index in [1.807, 2.05) is 67.0 Å². The number of halogens is 1. The lowest BCUT2D eigenvalue weighted by Gasteiger charge is -2.32. The summed E-state index contributed by atoms with van der Waals surface area (Å²) in [6, 6.07) is 18.1. The predicted octanol–water partition coefficient (Wildman–Crippen LogP) is 4.44. The number of hydrogen-bond acceptors (Lipinski definition) is 4. The molecular formula is C23H23BrN4O. The van der Waals surface area contributed by atoms with Gasteiger partial charge in [0, 0.05) is 42.1 Å². The van der Waals surface area contributed by atoms with E-state index in [2.05, 4.69) is 36.1 Å². The maximum Gasteiger partial charge on any atom is 0.225 e. The SMILES string of the molecule is O=C(NCc1ccc(Br)cc1)C1CCCN(c2ncc(-c3ccccc3)cn2)C1. The Morgan fingerprint density at radius 1 is 1.03 bits per heavy atom. The van der Waals surface area contributed by atoms with E-state index < -0.39 is 0 Å². The number of benzene rings is 2. The molecule has 4 rings (SSSR count). The van der Waals surface area contributed by atoms with Crippen molar-refractivity contribution in [3.05, 3.63) is 77.0 Å². The molecule has 2 aromatic carbocycles. The Bertz CT molecular complexity index is 945. The molecule has 0 bridgehead atoms. The Hall–Kier alpha value is -2.73. The molecule has 1 aliphatic heterocycles. The fourth-order valence-corrected chi connectivity index (χ4v) is 3.84. The minimum absolute atomic E-state index is 0.0448. The summed E-state index contributed by atoms with van der Waals surface area (Å²) in [6.45, 7) is 2.07. The van der Waals surface area contributed by atoms with E-state index in [1.165, 1.54) is 0 Å². The molecule has 148 valence electrons. The molecule has 0 saturated carbocycles. The molecule has 1 atom stereocenters. The number of hydrogen-bond donors (Lipinski definition) is 1. The van der Waals surface area contributed by atoms with Crippen molar-refractivity contribution in [3.8, 4) is 11.1 Å². The fraction of sp³-hybridized carbons (Fsp3) is 0.261. The van der Waals surface area contributed by atoms with Gasteiger partial charge in [-0.25, -0.2) is 9.97 Å². The van der Waals surface area contributed by atoms with Crippen molar-refractivity contribution in [2.24, 2.45) is 5.92 Å². The number of rotatable bonds is 5. The zero-order valence-corrected chi connectivity index (χ0v) is 17.7. The number of carbonyl (C=O) groups excluding carboxylic acids is 1. The van der Waals surface area contributed by atoms with Crippen molar-refractivity contribution in [2.45, 2.75) is 19.4 Å². The minimum Gasteiger partial charge on any atom is -0.352 e. The van der Waals surface area contributed by atoms with E-state index in [4.69, 9.17) is 0 Å².